The molecule has 4 rings (SSSR count). The number of rotatable bonds is 5. The lowest BCUT2D eigenvalue weighted by Crippen LogP contribution is -2.29. The van der Waals surface area contributed by atoms with Crippen molar-refractivity contribution in [1.29, 1.82) is 0 Å². The zero-order chi connectivity index (χ0) is 22.1. The van der Waals surface area contributed by atoms with Gasteiger partial charge in [-0.3, -0.25) is 14.4 Å². The van der Waals surface area contributed by atoms with Gasteiger partial charge in [0.25, 0.3) is 17.7 Å². The molecule has 0 spiro atoms. The Bertz CT molecular complexity index is 1210. The molecule has 1 aliphatic rings. The molecule has 8 heteroatoms. The molecule has 0 bridgehead atoms. The van der Waals surface area contributed by atoms with E-state index in [1.54, 1.807) is 24.3 Å². The van der Waals surface area contributed by atoms with Crippen LogP contribution in [0.3, 0.4) is 0 Å². The van der Waals surface area contributed by atoms with E-state index in [0.717, 1.165) is 17.0 Å². The minimum atomic E-state index is -1.10. The van der Waals surface area contributed by atoms with E-state index in [4.69, 9.17) is 4.74 Å². The van der Waals surface area contributed by atoms with E-state index in [9.17, 15) is 23.2 Å². The van der Waals surface area contributed by atoms with Crippen molar-refractivity contribution >= 4 is 29.1 Å². The van der Waals surface area contributed by atoms with Gasteiger partial charge in [-0.1, -0.05) is 0 Å². The number of nitrogens with zero attached hydrogens (tertiary/aromatic N) is 1. The predicted octanol–water partition coefficient (Wildman–Crippen LogP) is 4.42. The average Bonchev–Trinajstić information content (AvgIpc) is 3.01. The molecule has 31 heavy (non-hydrogen) atoms. The van der Waals surface area contributed by atoms with Crippen molar-refractivity contribution in [1.82, 2.24) is 0 Å². The van der Waals surface area contributed by atoms with Crippen molar-refractivity contribution in [3.63, 3.8) is 0 Å². The third-order valence-corrected chi connectivity index (χ3v) is 4.73. The van der Waals surface area contributed by atoms with Crippen LogP contribution in [0, 0.1) is 11.6 Å². The van der Waals surface area contributed by atoms with Crippen LogP contribution in [0.5, 0.6) is 5.75 Å². The first-order valence-electron chi connectivity index (χ1n) is 9.41. The Morgan fingerprint density at radius 3 is 2.29 bits per heavy atom. The van der Waals surface area contributed by atoms with Crippen molar-refractivity contribution in [2.45, 2.75) is 6.92 Å². The number of ether oxygens (including phenoxy) is 1. The van der Waals surface area contributed by atoms with Crippen molar-refractivity contribution in [2.24, 2.45) is 0 Å². The number of fused-ring (bicyclic) bond motifs is 1. The van der Waals surface area contributed by atoms with E-state index < -0.39 is 29.4 Å². The van der Waals surface area contributed by atoms with E-state index >= 15 is 0 Å². The molecule has 0 fully saturated rings. The maximum Gasteiger partial charge on any atom is 0.266 e. The van der Waals surface area contributed by atoms with Crippen LogP contribution in [0.4, 0.5) is 20.2 Å². The summed E-state index contributed by atoms with van der Waals surface area (Å²) in [7, 11) is 0. The lowest BCUT2D eigenvalue weighted by Gasteiger charge is -2.14. The number of anilines is 2. The molecule has 0 aromatic heterocycles. The number of hydrogen-bond donors (Lipinski definition) is 1. The first-order valence-corrected chi connectivity index (χ1v) is 9.41. The maximum absolute atomic E-state index is 13.4. The molecule has 0 aliphatic carbocycles. The van der Waals surface area contributed by atoms with Crippen molar-refractivity contribution in [3.05, 3.63) is 89.0 Å². The minimum Gasteiger partial charge on any atom is -0.494 e. The number of amides is 3. The Balaban J connectivity index is 1.58. The second-order valence-electron chi connectivity index (χ2n) is 6.72. The molecule has 0 atom stereocenters. The molecule has 1 heterocycles. The number of benzene rings is 3. The summed E-state index contributed by atoms with van der Waals surface area (Å²) < 4.78 is 31.8. The monoisotopic (exact) mass is 422 g/mol. The lowest BCUT2D eigenvalue weighted by atomic mass is 10.1. The number of carbonyl (C=O) groups excluding carboxylic acids is 3. The number of nitrogens with one attached hydrogen (secondary N) is 1. The lowest BCUT2D eigenvalue weighted by molar-refractivity contribution is 0.0925. The molecule has 6 nitrogen and oxygen atoms in total. The van der Waals surface area contributed by atoms with Crippen LogP contribution < -0.4 is 15.0 Å². The minimum absolute atomic E-state index is 0.0582. The van der Waals surface area contributed by atoms with Gasteiger partial charge in [-0.25, -0.2) is 13.7 Å². The van der Waals surface area contributed by atoms with Gasteiger partial charge in [-0.2, -0.15) is 0 Å². The van der Waals surface area contributed by atoms with E-state index in [1.807, 2.05) is 6.92 Å². The van der Waals surface area contributed by atoms with Crippen molar-refractivity contribution in [3.8, 4) is 5.75 Å². The third-order valence-electron chi connectivity index (χ3n) is 4.73. The summed E-state index contributed by atoms with van der Waals surface area (Å²) >= 11 is 0. The molecular formula is C23H16F2N2O4. The van der Waals surface area contributed by atoms with Gasteiger partial charge in [0.15, 0.2) is 11.6 Å². The van der Waals surface area contributed by atoms with Crippen molar-refractivity contribution in [2.75, 3.05) is 16.8 Å². The summed E-state index contributed by atoms with van der Waals surface area (Å²) in [6.07, 6.45) is 0. The Morgan fingerprint density at radius 1 is 0.903 bits per heavy atom. The topological polar surface area (TPSA) is 75.7 Å². The molecule has 0 saturated carbocycles. The van der Waals surface area contributed by atoms with Gasteiger partial charge < -0.3 is 10.1 Å². The Kier molecular flexibility index (Phi) is 5.21. The van der Waals surface area contributed by atoms with Crippen molar-refractivity contribution < 1.29 is 27.9 Å². The smallest absolute Gasteiger partial charge is 0.266 e. The zero-order valence-corrected chi connectivity index (χ0v) is 16.3. The SMILES string of the molecule is CCOc1ccc(N2C(=O)c3ccc(C(=O)Nc4ccc(F)c(F)c4)cc3C2=O)cc1. The number of hydrogen-bond acceptors (Lipinski definition) is 4. The molecule has 0 radical (unpaired) electrons. The highest BCUT2D eigenvalue weighted by Crippen LogP contribution is 2.30. The Labute approximate surface area is 176 Å². The van der Waals surface area contributed by atoms with Gasteiger partial charge in [0.2, 0.25) is 0 Å². The summed E-state index contributed by atoms with van der Waals surface area (Å²) in [5, 5.41) is 2.44. The van der Waals surface area contributed by atoms with Crippen LogP contribution in [0.2, 0.25) is 0 Å². The van der Waals surface area contributed by atoms with Gasteiger partial charge in [-0.05, 0) is 61.5 Å². The van der Waals surface area contributed by atoms with Gasteiger partial charge in [0, 0.05) is 17.3 Å². The van der Waals surface area contributed by atoms with E-state index in [2.05, 4.69) is 5.32 Å². The molecule has 3 amide bonds. The highest BCUT2D eigenvalue weighted by molar-refractivity contribution is 6.34. The van der Waals surface area contributed by atoms with Gasteiger partial charge in [0.1, 0.15) is 5.75 Å². The maximum atomic E-state index is 13.4. The Morgan fingerprint density at radius 2 is 1.61 bits per heavy atom. The second-order valence-corrected chi connectivity index (χ2v) is 6.72. The third kappa shape index (κ3) is 3.75. The molecular weight excluding hydrogens is 406 g/mol. The van der Waals surface area contributed by atoms with Crippen LogP contribution in [-0.4, -0.2) is 24.3 Å². The fourth-order valence-corrected chi connectivity index (χ4v) is 3.25. The normalized spacial score (nSPS) is 12.7. The molecule has 3 aromatic carbocycles. The molecule has 1 N–H and O–H groups in total. The van der Waals surface area contributed by atoms with Crippen LogP contribution in [0.15, 0.2) is 60.7 Å². The van der Waals surface area contributed by atoms with Gasteiger partial charge in [0.05, 0.1) is 23.4 Å². The summed E-state index contributed by atoms with van der Waals surface area (Å²) in [4.78, 5) is 39.2. The highest BCUT2D eigenvalue weighted by atomic mass is 19.2. The average molecular weight is 422 g/mol. The van der Waals surface area contributed by atoms with E-state index in [-0.39, 0.29) is 22.4 Å². The molecule has 0 unspecified atom stereocenters. The van der Waals surface area contributed by atoms with Crippen LogP contribution >= 0.6 is 0 Å². The summed E-state index contributed by atoms with van der Waals surface area (Å²) in [6, 6.07) is 13.6. The fraction of sp³-hybridized carbons (Fsp3) is 0.0870. The standard InChI is InChI=1S/C23H16F2N2O4/c1-2-31-16-7-5-15(6-8-16)27-22(29)17-9-3-13(11-18(17)23(27)30)21(28)26-14-4-10-19(24)20(25)12-14/h3-12H,2H2,1H3,(H,26,28). The Hall–Kier alpha value is -4.07. The number of halogens is 2. The first kappa shape index (κ1) is 20.2. The van der Waals surface area contributed by atoms with Gasteiger partial charge in [-0.15, -0.1) is 0 Å². The summed E-state index contributed by atoms with van der Waals surface area (Å²) in [6.45, 7) is 2.33. The first-order chi connectivity index (χ1) is 14.9. The quantitative estimate of drug-likeness (QED) is 0.618. The summed E-state index contributed by atoms with van der Waals surface area (Å²) in [5.74, 6) is -3.22. The zero-order valence-electron chi connectivity index (χ0n) is 16.3. The predicted molar refractivity (Wildman–Crippen MR) is 110 cm³/mol. The second kappa shape index (κ2) is 7.98. The number of carbonyl (C=O) groups is 3. The van der Waals surface area contributed by atoms with E-state index in [0.29, 0.717) is 18.0 Å². The molecule has 0 saturated heterocycles. The van der Waals surface area contributed by atoms with Crippen LogP contribution in [0.25, 0.3) is 0 Å². The summed E-state index contributed by atoms with van der Waals surface area (Å²) in [5.41, 5.74) is 0.781. The van der Waals surface area contributed by atoms with E-state index in [1.165, 1.54) is 24.3 Å². The van der Waals surface area contributed by atoms with Crippen LogP contribution in [-0.2, 0) is 0 Å². The van der Waals surface area contributed by atoms with Crippen LogP contribution in [0.1, 0.15) is 38.0 Å². The number of imide groups is 1. The molecule has 3 aromatic rings. The van der Waals surface area contributed by atoms with Gasteiger partial charge >= 0.3 is 0 Å². The molecule has 1 aliphatic heterocycles. The fourth-order valence-electron chi connectivity index (χ4n) is 3.25. The largest absolute Gasteiger partial charge is 0.494 e. The molecule has 156 valence electrons. The highest BCUT2D eigenvalue weighted by Gasteiger charge is 2.37.